The highest BCUT2D eigenvalue weighted by Crippen LogP contribution is 2.33. The molecule has 1 amide bonds. The van der Waals surface area contributed by atoms with Crippen LogP contribution in [0.3, 0.4) is 0 Å². The molecule has 0 spiro atoms. The fourth-order valence-corrected chi connectivity index (χ4v) is 4.22. The van der Waals surface area contributed by atoms with Crippen LogP contribution in [0.25, 0.3) is 0 Å². The summed E-state index contributed by atoms with van der Waals surface area (Å²) in [6.07, 6.45) is 1.24. The van der Waals surface area contributed by atoms with Crippen molar-refractivity contribution in [2.24, 2.45) is 5.92 Å². The van der Waals surface area contributed by atoms with Crippen molar-refractivity contribution in [1.82, 2.24) is 9.80 Å². The highest BCUT2D eigenvalue weighted by molar-refractivity contribution is 7.08. The van der Waals surface area contributed by atoms with E-state index in [9.17, 15) is 4.79 Å². The van der Waals surface area contributed by atoms with E-state index in [1.165, 1.54) is 0 Å². The third-order valence-electron chi connectivity index (χ3n) is 4.72. The van der Waals surface area contributed by atoms with Gasteiger partial charge in [-0.1, -0.05) is 6.92 Å². The van der Waals surface area contributed by atoms with Gasteiger partial charge in [-0.2, -0.15) is 11.3 Å². The monoisotopic (exact) mass is 294 g/mol. The molecule has 0 N–H and O–H groups in total. The van der Waals surface area contributed by atoms with Gasteiger partial charge in [-0.05, 0) is 24.4 Å². The number of ether oxygens (including phenoxy) is 1. The first kappa shape index (κ1) is 14.0. The van der Waals surface area contributed by atoms with Crippen molar-refractivity contribution in [3.05, 3.63) is 22.4 Å². The molecule has 2 fully saturated rings. The second-order valence-electron chi connectivity index (χ2n) is 5.66. The van der Waals surface area contributed by atoms with Gasteiger partial charge >= 0.3 is 0 Å². The number of fused-ring (bicyclic) bond motifs is 1. The Kier molecular flexibility index (Phi) is 4.10. The number of piperidine rings is 1. The maximum atomic E-state index is 12.7. The number of hydrogen-bond acceptors (Lipinski definition) is 4. The molecule has 1 aromatic heterocycles. The lowest BCUT2D eigenvalue weighted by molar-refractivity contribution is -0.0156. The molecule has 0 bridgehead atoms. The number of carbonyl (C=O) groups is 1. The van der Waals surface area contributed by atoms with Crippen molar-refractivity contribution < 1.29 is 9.53 Å². The van der Waals surface area contributed by atoms with Gasteiger partial charge in [-0.15, -0.1) is 0 Å². The lowest BCUT2D eigenvalue weighted by Gasteiger charge is -2.41. The van der Waals surface area contributed by atoms with E-state index in [-0.39, 0.29) is 5.91 Å². The quantitative estimate of drug-likeness (QED) is 0.854. The van der Waals surface area contributed by atoms with Gasteiger partial charge in [-0.3, -0.25) is 4.79 Å². The zero-order valence-corrected chi connectivity index (χ0v) is 12.9. The van der Waals surface area contributed by atoms with Crippen LogP contribution in [0.15, 0.2) is 16.8 Å². The van der Waals surface area contributed by atoms with E-state index < -0.39 is 0 Å². The van der Waals surface area contributed by atoms with Crippen LogP contribution in [0.2, 0.25) is 0 Å². The fourth-order valence-electron chi connectivity index (χ4n) is 3.59. The molecular formula is C15H22N2O2S. The molecule has 110 valence electrons. The van der Waals surface area contributed by atoms with Crippen molar-refractivity contribution in [3.8, 4) is 0 Å². The molecule has 5 heteroatoms. The zero-order chi connectivity index (χ0) is 14.1. The topological polar surface area (TPSA) is 32.8 Å². The summed E-state index contributed by atoms with van der Waals surface area (Å²) in [4.78, 5) is 17.2. The summed E-state index contributed by atoms with van der Waals surface area (Å²) in [7, 11) is 1.80. The molecule has 0 saturated carbocycles. The minimum atomic E-state index is 0.189. The number of methoxy groups -OCH3 is 1. The number of carbonyl (C=O) groups excluding carboxylic acids is 1. The minimum Gasteiger partial charge on any atom is -0.381 e. The van der Waals surface area contributed by atoms with Crippen LogP contribution in [-0.4, -0.2) is 61.1 Å². The van der Waals surface area contributed by atoms with Gasteiger partial charge in [0.1, 0.15) is 0 Å². The van der Waals surface area contributed by atoms with E-state index in [2.05, 4.69) is 16.7 Å². The number of rotatable bonds is 3. The maximum absolute atomic E-state index is 12.7. The Morgan fingerprint density at radius 2 is 2.35 bits per heavy atom. The van der Waals surface area contributed by atoms with Gasteiger partial charge in [0.25, 0.3) is 5.91 Å². The van der Waals surface area contributed by atoms with Gasteiger partial charge in [-0.25, -0.2) is 0 Å². The smallest absolute Gasteiger partial charge is 0.255 e. The van der Waals surface area contributed by atoms with Crippen molar-refractivity contribution in [2.75, 3.05) is 33.3 Å². The minimum absolute atomic E-state index is 0.189. The Morgan fingerprint density at radius 3 is 3.00 bits per heavy atom. The first-order valence-corrected chi connectivity index (χ1v) is 8.27. The predicted molar refractivity (Wildman–Crippen MR) is 80.2 cm³/mol. The van der Waals surface area contributed by atoms with Crippen LogP contribution in [0.1, 0.15) is 23.7 Å². The summed E-state index contributed by atoms with van der Waals surface area (Å²) >= 11 is 1.58. The summed E-state index contributed by atoms with van der Waals surface area (Å²) < 4.78 is 5.65. The van der Waals surface area contributed by atoms with Gasteiger partial charge in [0.05, 0.1) is 17.7 Å². The van der Waals surface area contributed by atoms with Crippen molar-refractivity contribution in [3.63, 3.8) is 0 Å². The van der Waals surface area contributed by atoms with E-state index in [1.54, 1.807) is 18.4 Å². The molecule has 3 heterocycles. The van der Waals surface area contributed by atoms with Gasteiger partial charge < -0.3 is 14.5 Å². The number of amides is 1. The fraction of sp³-hybridized carbons (Fsp3) is 0.667. The number of hydrogen-bond donors (Lipinski definition) is 0. The SMILES string of the molecule is CCN1C[C@@H]2[C@@H](OC)CCN(C(=O)c3ccsc3)[C@@H]2C1. The first-order chi connectivity index (χ1) is 9.74. The van der Waals surface area contributed by atoms with E-state index in [1.807, 2.05) is 16.8 Å². The van der Waals surface area contributed by atoms with Crippen LogP contribution in [0.5, 0.6) is 0 Å². The highest BCUT2D eigenvalue weighted by Gasteiger charge is 2.45. The standard InChI is InChI=1S/C15H22N2O2S/c1-3-16-8-12-13(9-16)17(6-4-14(12)19-2)15(18)11-5-7-20-10-11/h5,7,10,12-14H,3-4,6,8-9H2,1-2H3/t12-,13+,14-/m0/s1. The Bertz CT molecular complexity index is 462. The van der Waals surface area contributed by atoms with Gasteiger partial charge in [0, 0.05) is 38.0 Å². The Labute approximate surface area is 124 Å². The normalized spacial score (nSPS) is 30.5. The lowest BCUT2D eigenvalue weighted by Crippen LogP contribution is -2.53. The van der Waals surface area contributed by atoms with Crippen LogP contribution in [-0.2, 0) is 4.74 Å². The molecule has 0 radical (unpaired) electrons. The molecule has 3 rings (SSSR count). The molecule has 0 aliphatic carbocycles. The summed E-state index contributed by atoms with van der Waals surface area (Å²) in [5.41, 5.74) is 0.833. The van der Waals surface area contributed by atoms with Gasteiger partial charge in [0.2, 0.25) is 0 Å². The van der Waals surface area contributed by atoms with E-state index in [4.69, 9.17) is 4.74 Å². The molecule has 0 aromatic carbocycles. The largest absolute Gasteiger partial charge is 0.381 e. The average Bonchev–Trinajstić information content (AvgIpc) is 3.14. The van der Waals surface area contributed by atoms with Crippen molar-refractivity contribution >= 4 is 17.2 Å². The second kappa shape index (κ2) is 5.84. The number of likely N-dealkylation sites (tertiary alicyclic amines) is 2. The van der Waals surface area contributed by atoms with E-state index >= 15 is 0 Å². The van der Waals surface area contributed by atoms with Crippen molar-refractivity contribution in [2.45, 2.75) is 25.5 Å². The average molecular weight is 294 g/mol. The Morgan fingerprint density at radius 1 is 1.50 bits per heavy atom. The number of nitrogens with zero attached hydrogens (tertiary/aromatic N) is 2. The molecule has 1 aromatic rings. The molecule has 2 aliphatic heterocycles. The highest BCUT2D eigenvalue weighted by atomic mass is 32.1. The Balaban J connectivity index is 1.81. The third-order valence-corrected chi connectivity index (χ3v) is 5.40. The van der Waals surface area contributed by atoms with Crippen LogP contribution < -0.4 is 0 Å². The van der Waals surface area contributed by atoms with Gasteiger partial charge in [0.15, 0.2) is 0 Å². The lowest BCUT2D eigenvalue weighted by atomic mass is 9.88. The first-order valence-electron chi connectivity index (χ1n) is 7.33. The molecule has 0 unspecified atom stereocenters. The Hall–Kier alpha value is -0.910. The number of thiophene rings is 1. The summed E-state index contributed by atoms with van der Waals surface area (Å²) in [5, 5.41) is 3.92. The van der Waals surface area contributed by atoms with Crippen LogP contribution >= 0.6 is 11.3 Å². The number of likely N-dealkylation sites (N-methyl/N-ethyl adjacent to an activating group) is 1. The molecular weight excluding hydrogens is 272 g/mol. The second-order valence-corrected chi connectivity index (χ2v) is 6.44. The summed E-state index contributed by atoms with van der Waals surface area (Å²) in [6.45, 7) is 6.07. The molecule has 2 saturated heterocycles. The molecule has 3 atom stereocenters. The summed E-state index contributed by atoms with van der Waals surface area (Å²) in [6, 6.07) is 2.23. The third kappa shape index (κ3) is 2.38. The molecule has 20 heavy (non-hydrogen) atoms. The molecule has 2 aliphatic rings. The molecule has 4 nitrogen and oxygen atoms in total. The predicted octanol–water partition coefficient (Wildman–Crippen LogP) is 1.93. The van der Waals surface area contributed by atoms with E-state index in [0.29, 0.717) is 18.1 Å². The van der Waals surface area contributed by atoms with Crippen LogP contribution in [0, 0.1) is 5.92 Å². The zero-order valence-electron chi connectivity index (χ0n) is 12.1. The maximum Gasteiger partial charge on any atom is 0.255 e. The van der Waals surface area contributed by atoms with E-state index in [0.717, 1.165) is 38.2 Å². The summed E-state index contributed by atoms with van der Waals surface area (Å²) in [5.74, 6) is 0.644. The van der Waals surface area contributed by atoms with Crippen molar-refractivity contribution in [1.29, 1.82) is 0 Å². The van der Waals surface area contributed by atoms with Crippen LogP contribution in [0.4, 0.5) is 0 Å².